The van der Waals surface area contributed by atoms with Crippen molar-refractivity contribution >= 4 is 11.8 Å². The van der Waals surface area contributed by atoms with Gasteiger partial charge in [0.25, 0.3) is 0 Å². The Morgan fingerprint density at radius 2 is 2.05 bits per heavy atom. The number of aromatic nitrogens is 2. The second-order valence-corrected chi connectivity index (χ2v) is 5.81. The van der Waals surface area contributed by atoms with Crippen LogP contribution in [0.1, 0.15) is 17.3 Å². The van der Waals surface area contributed by atoms with Crippen LogP contribution in [0.25, 0.3) is 0 Å². The molecule has 2 rings (SSSR count). The van der Waals surface area contributed by atoms with Crippen LogP contribution in [0.15, 0.2) is 29.3 Å². The minimum Gasteiger partial charge on any atom is -0.497 e. The first-order chi connectivity index (χ1) is 10.0. The molecular formula is C15H21N3O2S. The lowest BCUT2D eigenvalue weighted by atomic mass is 10.1. The van der Waals surface area contributed by atoms with Gasteiger partial charge < -0.3 is 15.2 Å². The van der Waals surface area contributed by atoms with Gasteiger partial charge in [0.05, 0.1) is 24.9 Å². The molecule has 0 spiro atoms. The lowest BCUT2D eigenvalue weighted by Crippen LogP contribution is -2.14. The number of thioether (sulfide) groups is 1. The van der Waals surface area contributed by atoms with Gasteiger partial charge in [-0.25, -0.2) is 0 Å². The molecule has 1 aromatic heterocycles. The molecule has 0 radical (unpaired) electrons. The number of ether oxygens (including phenoxy) is 2. The van der Waals surface area contributed by atoms with E-state index >= 15 is 0 Å². The summed E-state index contributed by atoms with van der Waals surface area (Å²) in [6, 6.07) is 7.65. The zero-order valence-corrected chi connectivity index (χ0v) is 13.6. The third-order valence-electron chi connectivity index (χ3n) is 3.21. The van der Waals surface area contributed by atoms with E-state index in [0.717, 1.165) is 33.5 Å². The molecule has 114 valence electrons. The van der Waals surface area contributed by atoms with E-state index in [1.54, 1.807) is 26.0 Å². The Morgan fingerprint density at radius 3 is 2.62 bits per heavy atom. The van der Waals surface area contributed by atoms with E-state index in [4.69, 9.17) is 15.2 Å². The molecule has 21 heavy (non-hydrogen) atoms. The predicted octanol–water partition coefficient (Wildman–Crippen LogP) is 2.54. The molecule has 0 aliphatic rings. The summed E-state index contributed by atoms with van der Waals surface area (Å²) >= 11 is 1.69. The summed E-state index contributed by atoms with van der Waals surface area (Å²) < 4.78 is 12.5. The monoisotopic (exact) mass is 307 g/mol. The highest BCUT2D eigenvalue weighted by Crippen LogP contribution is 2.31. The zero-order valence-electron chi connectivity index (χ0n) is 12.8. The fourth-order valence-electron chi connectivity index (χ4n) is 2.11. The number of hydrogen-bond donors (Lipinski definition) is 1. The van der Waals surface area contributed by atoms with Gasteiger partial charge in [-0.2, -0.15) is 5.10 Å². The molecule has 1 aromatic carbocycles. The Hall–Kier alpha value is -1.66. The zero-order chi connectivity index (χ0) is 15.4. The van der Waals surface area contributed by atoms with Gasteiger partial charge in [0.15, 0.2) is 0 Å². The van der Waals surface area contributed by atoms with Crippen LogP contribution in [0.5, 0.6) is 11.5 Å². The molecule has 2 N–H and O–H groups in total. The molecule has 1 atom stereocenters. The quantitative estimate of drug-likeness (QED) is 0.831. The summed E-state index contributed by atoms with van der Waals surface area (Å²) in [4.78, 5) is 0. The van der Waals surface area contributed by atoms with E-state index in [1.165, 1.54) is 0 Å². The highest BCUT2D eigenvalue weighted by molar-refractivity contribution is 7.99. The summed E-state index contributed by atoms with van der Waals surface area (Å²) in [6.07, 6.45) is 0. The number of methoxy groups -OCH3 is 2. The molecule has 1 heterocycles. The van der Waals surface area contributed by atoms with Crippen molar-refractivity contribution in [1.82, 2.24) is 9.78 Å². The molecule has 0 saturated heterocycles. The van der Waals surface area contributed by atoms with Crippen LogP contribution in [0.3, 0.4) is 0 Å². The van der Waals surface area contributed by atoms with Crippen LogP contribution in [-0.2, 0) is 7.05 Å². The first-order valence-electron chi connectivity index (χ1n) is 6.66. The van der Waals surface area contributed by atoms with E-state index in [2.05, 4.69) is 11.2 Å². The number of nitrogens with two attached hydrogens (primary N) is 1. The smallest absolute Gasteiger partial charge is 0.127 e. The maximum absolute atomic E-state index is 6.30. The minimum absolute atomic E-state index is 0.119. The average molecular weight is 307 g/mol. The second kappa shape index (κ2) is 6.87. The van der Waals surface area contributed by atoms with Crippen molar-refractivity contribution in [2.45, 2.75) is 18.0 Å². The lowest BCUT2D eigenvalue weighted by molar-refractivity contribution is 0.389. The topological polar surface area (TPSA) is 62.3 Å². The third-order valence-corrected chi connectivity index (χ3v) is 4.41. The van der Waals surface area contributed by atoms with Gasteiger partial charge in [0.2, 0.25) is 0 Å². The highest BCUT2D eigenvalue weighted by Gasteiger charge is 2.14. The SMILES string of the molecule is COc1ccc(C(N)CSc2cc(C)nn2C)c(OC)c1. The maximum Gasteiger partial charge on any atom is 0.127 e. The second-order valence-electron chi connectivity index (χ2n) is 4.77. The lowest BCUT2D eigenvalue weighted by Gasteiger charge is -2.16. The maximum atomic E-state index is 6.30. The largest absolute Gasteiger partial charge is 0.497 e. The van der Waals surface area contributed by atoms with Gasteiger partial charge in [-0.1, -0.05) is 6.07 Å². The molecule has 0 bridgehead atoms. The van der Waals surface area contributed by atoms with Crippen LogP contribution >= 0.6 is 11.8 Å². The van der Waals surface area contributed by atoms with Gasteiger partial charge in [-0.3, -0.25) is 4.68 Å². The molecule has 0 aliphatic heterocycles. The van der Waals surface area contributed by atoms with Gasteiger partial charge in [-0.15, -0.1) is 11.8 Å². The van der Waals surface area contributed by atoms with Crippen LogP contribution in [0.4, 0.5) is 0 Å². The summed E-state index contributed by atoms with van der Waals surface area (Å²) in [7, 11) is 5.21. The third kappa shape index (κ3) is 3.71. The first kappa shape index (κ1) is 15.7. The number of benzene rings is 1. The summed E-state index contributed by atoms with van der Waals surface area (Å²) in [5.41, 5.74) is 8.28. The summed E-state index contributed by atoms with van der Waals surface area (Å²) in [5, 5.41) is 5.44. The van der Waals surface area contributed by atoms with Gasteiger partial charge in [-0.05, 0) is 19.1 Å². The molecule has 0 aliphatic carbocycles. The fourth-order valence-corrected chi connectivity index (χ4v) is 3.12. The number of rotatable bonds is 6. The van der Waals surface area contributed by atoms with Crippen molar-refractivity contribution in [3.63, 3.8) is 0 Å². The standard InChI is InChI=1S/C15H21N3O2S/c1-10-7-15(18(2)17-10)21-9-13(16)12-6-5-11(19-3)8-14(12)20-4/h5-8,13H,9,16H2,1-4H3. The Morgan fingerprint density at radius 1 is 1.29 bits per heavy atom. The molecule has 6 heteroatoms. The van der Waals surface area contributed by atoms with E-state index in [9.17, 15) is 0 Å². The van der Waals surface area contributed by atoms with Gasteiger partial charge >= 0.3 is 0 Å². The van der Waals surface area contributed by atoms with Crippen molar-refractivity contribution < 1.29 is 9.47 Å². The average Bonchev–Trinajstić information content (AvgIpc) is 2.81. The molecule has 2 aromatic rings. The summed E-state index contributed by atoms with van der Waals surface area (Å²) in [5.74, 6) is 2.27. The number of nitrogens with zero attached hydrogens (tertiary/aromatic N) is 2. The summed E-state index contributed by atoms with van der Waals surface area (Å²) in [6.45, 7) is 1.98. The molecule has 0 fully saturated rings. The minimum atomic E-state index is -0.119. The highest BCUT2D eigenvalue weighted by atomic mass is 32.2. The molecule has 0 saturated carbocycles. The van der Waals surface area contributed by atoms with E-state index in [-0.39, 0.29) is 6.04 Å². The Kier molecular flexibility index (Phi) is 5.14. The Bertz CT molecular complexity index is 613. The fraction of sp³-hybridized carbons (Fsp3) is 0.400. The van der Waals surface area contributed by atoms with Crippen molar-refractivity contribution in [3.05, 3.63) is 35.5 Å². The van der Waals surface area contributed by atoms with Gasteiger partial charge in [0, 0.05) is 30.5 Å². The van der Waals surface area contributed by atoms with E-state index < -0.39 is 0 Å². The van der Waals surface area contributed by atoms with Crippen molar-refractivity contribution in [3.8, 4) is 11.5 Å². The van der Waals surface area contributed by atoms with Crippen molar-refractivity contribution in [2.24, 2.45) is 12.8 Å². The van der Waals surface area contributed by atoms with E-state index in [1.807, 2.05) is 36.9 Å². The number of aryl methyl sites for hydroxylation is 2. The van der Waals surface area contributed by atoms with Crippen LogP contribution in [0.2, 0.25) is 0 Å². The van der Waals surface area contributed by atoms with Crippen LogP contribution < -0.4 is 15.2 Å². The Balaban J connectivity index is 2.09. The Labute approximate surface area is 129 Å². The molecule has 5 nitrogen and oxygen atoms in total. The van der Waals surface area contributed by atoms with Crippen molar-refractivity contribution in [2.75, 3.05) is 20.0 Å². The van der Waals surface area contributed by atoms with Gasteiger partial charge in [0.1, 0.15) is 11.5 Å². The van der Waals surface area contributed by atoms with E-state index in [0.29, 0.717) is 0 Å². The van der Waals surface area contributed by atoms with Crippen molar-refractivity contribution in [1.29, 1.82) is 0 Å². The van der Waals surface area contributed by atoms with Crippen LogP contribution in [-0.4, -0.2) is 29.8 Å². The van der Waals surface area contributed by atoms with Crippen LogP contribution in [0, 0.1) is 6.92 Å². The molecule has 1 unspecified atom stereocenters. The molecular weight excluding hydrogens is 286 g/mol. The number of hydrogen-bond acceptors (Lipinski definition) is 5. The molecule has 0 amide bonds. The first-order valence-corrected chi connectivity index (χ1v) is 7.64. The predicted molar refractivity (Wildman–Crippen MR) is 85.1 cm³/mol. The normalized spacial score (nSPS) is 12.2.